The van der Waals surface area contributed by atoms with Gasteiger partial charge in [-0.05, 0) is 32.1 Å². The van der Waals surface area contributed by atoms with E-state index in [1.807, 2.05) is 20.8 Å². The largest absolute Gasteiger partial charge is 0.481 e. The van der Waals surface area contributed by atoms with Crippen LogP contribution in [0.1, 0.15) is 60.8 Å². The molecule has 0 radical (unpaired) electrons. The van der Waals surface area contributed by atoms with Crippen LogP contribution in [0.25, 0.3) is 0 Å². The van der Waals surface area contributed by atoms with Crippen molar-refractivity contribution in [3.63, 3.8) is 0 Å². The van der Waals surface area contributed by atoms with E-state index in [-0.39, 0.29) is 30.8 Å². The number of aliphatic carboxylic acids is 1. The summed E-state index contributed by atoms with van der Waals surface area (Å²) in [6, 6.07) is 0. The number of hydrogen-bond acceptors (Lipinski definition) is 3. The van der Waals surface area contributed by atoms with Crippen LogP contribution in [0.4, 0.5) is 0 Å². The summed E-state index contributed by atoms with van der Waals surface area (Å²) in [5, 5.41) is 11.8. The van der Waals surface area contributed by atoms with Gasteiger partial charge in [-0.1, -0.05) is 27.7 Å². The third kappa shape index (κ3) is 8.71. The zero-order chi connectivity index (χ0) is 16.6. The normalized spacial score (nSPS) is 15.8. The maximum absolute atomic E-state index is 12.0. The Kier molecular flexibility index (Phi) is 8.55. The van der Waals surface area contributed by atoms with Crippen molar-refractivity contribution in [3.05, 3.63) is 0 Å². The fourth-order valence-corrected chi connectivity index (χ4v) is 2.17. The minimum Gasteiger partial charge on any atom is -0.481 e. The maximum atomic E-state index is 12.0. The number of carboxylic acid groups (broad SMARTS) is 1. The van der Waals surface area contributed by atoms with E-state index in [4.69, 9.17) is 9.84 Å². The van der Waals surface area contributed by atoms with Gasteiger partial charge in [-0.3, -0.25) is 9.59 Å². The highest BCUT2D eigenvalue weighted by Crippen LogP contribution is 2.21. The molecule has 0 aliphatic rings. The van der Waals surface area contributed by atoms with Gasteiger partial charge in [-0.2, -0.15) is 0 Å². The molecule has 0 aliphatic heterocycles. The summed E-state index contributed by atoms with van der Waals surface area (Å²) in [7, 11) is 0. The first kappa shape index (κ1) is 19.9. The predicted octanol–water partition coefficient (Wildman–Crippen LogP) is 2.83. The van der Waals surface area contributed by atoms with Gasteiger partial charge in [-0.25, -0.2) is 0 Å². The van der Waals surface area contributed by atoms with Gasteiger partial charge in [0.2, 0.25) is 5.91 Å². The van der Waals surface area contributed by atoms with Crippen molar-refractivity contribution in [3.8, 4) is 0 Å². The Balaban J connectivity index is 4.25. The first-order valence-electron chi connectivity index (χ1n) is 7.71. The molecule has 0 heterocycles. The van der Waals surface area contributed by atoms with Crippen LogP contribution >= 0.6 is 0 Å². The highest BCUT2D eigenvalue weighted by Gasteiger charge is 2.32. The molecule has 0 spiro atoms. The minimum atomic E-state index is -0.909. The SMILES string of the molecule is CC(C)CC(C)OCCC(=O)NC(C)(CC(=O)O)C(C)C. The standard InChI is InChI=1S/C16H31NO4/c1-11(2)9-13(5)21-8-7-14(18)17-16(6,12(3)4)10-15(19)20/h11-13H,7-10H2,1-6H3,(H,17,18)(H,19,20). The van der Waals surface area contributed by atoms with Crippen LogP contribution in [0.5, 0.6) is 0 Å². The summed E-state index contributed by atoms with van der Waals surface area (Å²) in [5.41, 5.74) is -0.730. The van der Waals surface area contributed by atoms with E-state index in [9.17, 15) is 9.59 Å². The van der Waals surface area contributed by atoms with Gasteiger partial charge in [-0.15, -0.1) is 0 Å². The lowest BCUT2D eigenvalue weighted by Crippen LogP contribution is -2.51. The average molecular weight is 301 g/mol. The van der Waals surface area contributed by atoms with Crippen LogP contribution in [-0.4, -0.2) is 35.2 Å². The Hall–Kier alpha value is -1.10. The lowest BCUT2D eigenvalue weighted by molar-refractivity contribution is -0.139. The summed E-state index contributed by atoms with van der Waals surface area (Å²) in [6.45, 7) is 12.2. The number of nitrogens with one attached hydrogen (secondary N) is 1. The summed E-state index contributed by atoms with van der Waals surface area (Å²) in [5.74, 6) is -0.468. The van der Waals surface area contributed by atoms with Gasteiger partial charge < -0.3 is 15.2 Å². The number of carbonyl (C=O) groups excluding carboxylic acids is 1. The molecule has 5 nitrogen and oxygen atoms in total. The Morgan fingerprint density at radius 3 is 2.19 bits per heavy atom. The van der Waals surface area contributed by atoms with E-state index in [0.29, 0.717) is 12.5 Å². The zero-order valence-electron chi connectivity index (χ0n) is 14.2. The lowest BCUT2D eigenvalue weighted by atomic mass is 9.85. The second-order valence-electron chi connectivity index (χ2n) is 6.75. The second-order valence-corrected chi connectivity index (χ2v) is 6.75. The van der Waals surface area contributed by atoms with Crippen LogP contribution in [-0.2, 0) is 14.3 Å². The first-order valence-corrected chi connectivity index (χ1v) is 7.71. The molecule has 0 rings (SSSR count). The Morgan fingerprint density at radius 2 is 1.76 bits per heavy atom. The number of rotatable bonds is 10. The van der Waals surface area contributed by atoms with Gasteiger partial charge >= 0.3 is 5.97 Å². The van der Waals surface area contributed by atoms with Crippen LogP contribution in [0, 0.1) is 11.8 Å². The molecular weight excluding hydrogens is 270 g/mol. The summed E-state index contributed by atoms with van der Waals surface area (Å²) >= 11 is 0. The third-order valence-electron chi connectivity index (χ3n) is 3.75. The minimum absolute atomic E-state index is 0.0401. The van der Waals surface area contributed by atoms with E-state index in [0.717, 1.165) is 6.42 Å². The number of ether oxygens (including phenoxy) is 1. The molecule has 21 heavy (non-hydrogen) atoms. The summed E-state index contributed by atoms with van der Waals surface area (Å²) in [6.07, 6.45) is 1.27. The van der Waals surface area contributed by atoms with Crippen molar-refractivity contribution in [1.29, 1.82) is 0 Å². The molecule has 2 unspecified atom stereocenters. The van der Waals surface area contributed by atoms with Crippen molar-refractivity contribution < 1.29 is 19.4 Å². The molecule has 2 atom stereocenters. The molecule has 0 aliphatic carbocycles. The third-order valence-corrected chi connectivity index (χ3v) is 3.75. The van der Waals surface area contributed by atoms with Gasteiger partial charge in [0.1, 0.15) is 0 Å². The second kappa shape index (κ2) is 9.03. The Bertz CT molecular complexity index is 341. The molecule has 0 saturated carbocycles. The van der Waals surface area contributed by atoms with Gasteiger partial charge in [0.05, 0.1) is 19.1 Å². The lowest BCUT2D eigenvalue weighted by Gasteiger charge is -2.33. The fraction of sp³-hybridized carbons (Fsp3) is 0.875. The molecular formula is C16H31NO4. The molecule has 2 N–H and O–H groups in total. The fourth-order valence-electron chi connectivity index (χ4n) is 2.17. The maximum Gasteiger partial charge on any atom is 0.305 e. The number of carbonyl (C=O) groups is 2. The zero-order valence-corrected chi connectivity index (χ0v) is 14.2. The smallest absolute Gasteiger partial charge is 0.305 e. The van der Waals surface area contributed by atoms with Crippen LogP contribution in [0.2, 0.25) is 0 Å². The van der Waals surface area contributed by atoms with Crippen molar-refractivity contribution in [2.45, 2.75) is 72.4 Å². The average Bonchev–Trinajstić information content (AvgIpc) is 2.25. The first-order chi connectivity index (χ1) is 9.56. The van der Waals surface area contributed by atoms with Crippen LogP contribution in [0.3, 0.4) is 0 Å². The topological polar surface area (TPSA) is 75.6 Å². The summed E-state index contributed by atoms with van der Waals surface area (Å²) in [4.78, 5) is 22.9. The number of hydrogen-bond donors (Lipinski definition) is 2. The van der Waals surface area contributed by atoms with E-state index in [1.54, 1.807) is 6.92 Å². The predicted molar refractivity (Wildman–Crippen MR) is 83.1 cm³/mol. The highest BCUT2D eigenvalue weighted by molar-refractivity contribution is 5.78. The molecule has 0 aromatic carbocycles. The molecule has 0 saturated heterocycles. The number of carboxylic acids is 1. The quantitative estimate of drug-likeness (QED) is 0.650. The van der Waals surface area contributed by atoms with E-state index < -0.39 is 11.5 Å². The van der Waals surface area contributed by atoms with E-state index in [1.165, 1.54) is 0 Å². The molecule has 124 valence electrons. The number of amides is 1. The van der Waals surface area contributed by atoms with Crippen molar-refractivity contribution >= 4 is 11.9 Å². The van der Waals surface area contributed by atoms with Crippen molar-refractivity contribution in [1.82, 2.24) is 5.32 Å². The van der Waals surface area contributed by atoms with E-state index >= 15 is 0 Å². The summed E-state index contributed by atoms with van der Waals surface area (Å²) < 4.78 is 5.60. The molecule has 0 aromatic rings. The van der Waals surface area contributed by atoms with Crippen molar-refractivity contribution in [2.24, 2.45) is 11.8 Å². The van der Waals surface area contributed by atoms with Crippen LogP contribution < -0.4 is 5.32 Å². The van der Waals surface area contributed by atoms with Gasteiger partial charge in [0, 0.05) is 12.0 Å². The molecule has 1 amide bonds. The Labute approximate surface area is 128 Å². The van der Waals surface area contributed by atoms with Crippen molar-refractivity contribution in [2.75, 3.05) is 6.61 Å². The molecule has 0 fully saturated rings. The van der Waals surface area contributed by atoms with Gasteiger partial charge in [0.15, 0.2) is 0 Å². The Morgan fingerprint density at radius 1 is 1.19 bits per heavy atom. The molecule has 0 aromatic heterocycles. The van der Waals surface area contributed by atoms with Gasteiger partial charge in [0.25, 0.3) is 0 Å². The molecule has 0 bridgehead atoms. The van der Waals surface area contributed by atoms with E-state index in [2.05, 4.69) is 19.2 Å². The highest BCUT2D eigenvalue weighted by atomic mass is 16.5. The van der Waals surface area contributed by atoms with Crippen LogP contribution in [0.15, 0.2) is 0 Å². The molecule has 5 heteroatoms. The monoisotopic (exact) mass is 301 g/mol.